The van der Waals surface area contributed by atoms with Crippen LogP contribution in [-0.2, 0) is 4.74 Å². The van der Waals surface area contributed by atoms with E-state index in [1.54, 1.807) is 0 Å². The molecule has 0 atom stereocenters. The normalized spacial score (nSPS) is 36.3. The molecule has 2 heterocycles. The van der Waals surface area contributed by atoms with Crippen molar-refractivity contribution in [2.75, 3.05) is 46.9 Å². The summed E-state index contributed by atoms with van der Waals surface area (Å²) in [5.74, 6) is 0.913. The molecule has 0 aromatic rings. The van der Waals surface area contributed by atoms with E-state index in [9.17, 15) is 0 Å². The Kier molecular flexibility index (Phi) is 4.16. The van der Waals surface area contributed by atoms with Gasteiger partial charge in [0.05, 0.1) is 6.10 Å². The van der Waals surface area contributed by atoms with E-state index in [2.05, 4.69) is 16.8 Å². The van der Waals surface area contributed by atoms with Gasteiger partial charge in [-0.05, 0) is 83.1 Å². The van der Waals surface area contributed by atoms with Crippen LogP contribution in [0.3, 0.4) is 0 Å². The van der Waals surface area contributed by atoms with Crippen LogP contribution >= 0.6 is 0 Å². The Balaban J connectivity index is 1.40. The number of ether oxygens (including phenoxy) is 1. The number of nitrogens with zero attached hydrogens (tertiary/aromatic N) is 2. The summed E-state index contributed by atoms with van der Waals surface area (Å²) in [6, 6.07) is 0. The third kappa shape index (κ3) is 3.14. The van der Waals surface area contributed by atoms with E-state index in [0.717, 1.165) is 5.92 Å². The Labute approximate surface area is 118 Å². The fourth-order valence-corrected chi connectivity index (χ4v) is 4.18. The average molecular weight is 266 g/mol. The van der Waals surface area contributed by atoms with Crippen LogP contribution in [0.2, 0.25) is 0 Å². The summed E-state index contributed by atoms with van der Waals surface area (Å²) in [5, 5.41) is 0. The summed E-state index contributed by atoms with van der Waals surface area (Å²) in [4.78, 5) is 5.22. The first-order valence-electron chi connectivity index (χ1n) is 8.13. The maximum absolute atomic E-state index is 5.38. The molecular formula is C16H30N2O. The molecule has 0 amide bonds. The van der Waals surface area contributed by atoms with Gasteiger partial charge in [-0.25, -0.2) is 0 Å². The van der Waals surface area contributed by atoms with E-state index >= 15 is 0 Å². The van der Waals surface area contributed by atoms with Crippen molar-refractivity contribution in [2.45, 2.75) is 44.6 Å². The lowest BCUT2D eigenvalue weighted by atomic mass is 9.71. The molecule has 3 aliphatic rings. The number of methoxy groups -OCH3 is 1. The fourth-order valence-electron chi connectivity index (χ4n) is 4.18. The van der Waals surface area contributed by atoms with Gasteiger partial charge >= 0.3 is 0 Å². The van der Waals surface area contributed by atoms with E-state index in [-0.39, 0.29) is 0 Å². The Morgan fingerprint density at radius 3 is 2.16 bits per heavy atom. The van der Waals surface area contributed by atoms with Crippen molar-refractivity contribution >= 4 is 0 Å². The highest BCUT2D eigenvalue weighted by Gasteiger charge is 2.38. The lowest BCUT2D eigenvalue weighted by Crippen LogP contribution is -2.48. The van der Waals surface area contributed by atoms with Gasteiger partial charge in [0, 0.05) is 13.7 Å². The summed E-state index contributed by atoms with van der Waals surface area (Å²) in [5.41, 5.74) is 0.706. The van der Waals surface area contributed by atoms with E-state index in [0.29, 0.717) is 11.5 Å². The van der Waals surface area contributed by atoms with Crippen molar-refractivity contribution in [3.8, 4) is 0 Å². The predicted molar refractivity (Wildman–Crippen MR) is 78.4 cm³/mol. The van der Waals surface area contributed by atoms with Crippen LogP contribution in [-0.4, -0.2) is 62.8 Å². The van der Waals surface area contributed by atoms with Gasteiger partial charge in [0.2, 0.25) is 0 Å². The third-order valence-electron chi connectivity index (χ3n) is 6.01. The van der Waals surface area contributed by atoms with Crippen LogP contribution in [0.1, 0.15) is 38.5 Å². The van der Waals surface area contributed by atoms with Crippen LogP contribution in [0.15, 0.2) is 0 Å². The number of hydrogen-bond donors (Lipinski definition) is 0. The number of piperidine rings is 2. The monoisotopic (exact) mass is 266 g/mol. The molecule has 1 saturated carbocycles. The Hall–Kier alpha value is -0.120. The van der Waals surface area contributed by atoms with E-state index in [1.165, 1.54) is 71.2 Å². The van der Waals surface area contributed by atoms with Crippen LogP contribution in [0.5, 0.6) is 0 Å². The highest BCUT2D eigenvalue weighted by Crippen LogP contribution is 2.41. The molecule has 0 radical (unpaired) electrons. The van der Waals surface area contributed by atoms with Gasteiger partial charge in [0.25, 0.3) is 0 Å². The number of hydrogen-bond acceptors (Lipinski definition) is 3. The van der Waals surface area contributed by atoms with Gasteiger partial charge in [-0.1, -0.05) is 0 Å². The van der Waals surface area contributed by atoms with Gasteiger partial charge in [-0.3, -0.25) is 0 Å². The topological polar surface area (TPSA) is 15.7 Å². The maximum atomic E-state index is 5.38. The lowest BCUT2D eigenvalue weighted by Gasteiger charge is -2.47. The molecule has 0 aromatic heterocycles. The Morgan fingerprint density at radius 1 is 1.00 bits per heavy atom. The van der Waals surface area contributed by atoms with E-state index in [1.807, 2.05) is 7.11 Å². The van der Waals surface area contributed by atoms with Crippen molar-refractivity contribution in [2.24, 2.45) is 11.3 Å². The van der Waals surface area contributed by atoms with Gasteiger partial charge in [-0.15, -0.1) is 0 Å². The molecule has 1 spiro atoms. The molecular weight excluding hydrogens is 236 g/mol. The van der Waals surface area contributed by atoms with Crippen LogP contribution in [0.4, 0.5) is 0 Å². The minimum absolute atomic E-state index is 0.565. The molecule has 19 heavy (non-hydrogen) atoms. The van der Waals surface area contributed by atoms with E-state index in [4.69, 9.17) is 4.74 Å². The molecule has 0 aromatic carbocycles. The maximum Gasteiger partial charge on any atom is 0.0577 e. The predicted octanol–water partition coefficient (Wildman–Crippen LogP) is 2.22. The Morgan fingerprint density at radius 2 is 1.58 bits per heavy atom. The zero-order valence-corrected chi connectivity index (χ0v) is 12.7. The number of likely N-dealkylation sites (tertiary alicyclic amines) is 2. The molecule has 3 nitrogen and oxygen atoms in total. The summed E-state index contributed by atoms with van der Waals surface area (Å²) >= 11 is 0. The highest BCUT2D eigenvalue weighted by atomic mass is 16.5. The molecule has 1 aliphatic carbocycles. The smallest absolute Gasteiger partial charge is 0.0577 e. The lowest BCUT2D eigenvalue weighted by molar-refractivity contribution is -0.0232. The molecule has 110 valence electrons. The first-order valence-corrected chi connectivity index (χ1v) is 8.13. The molecule has 2 aliphatic heterocycles. The standard InChI is InChI=1S/C16H30N2O/c1-17-7-3-16(4-8-17)5-9-18(10-6-16)13-14-11-15(12-14)19-2/h14-15H,3-13H2,1-2H3/t14-,15-. The molecule has 2 saturated heterocycles. The number of rotatable bonds is 3. The van der Waals surface area contributed by atoms with Crippen molar-refractivity contribution in [1.29, 1.82) is 0 Å². The first kappa shape index (κ1) is 13.8. The van der Waals surface area contributed by atoms with Crippen LogP contribution in [0.25, 0.3) is 0 Å². The zero-order chi connectivity index (χ0) is 13.3. The molecule has 0 N–H and O–H groups in total. The van der Waals surface area contributed by atoms with Crippen molar-refractivity contribution in [3.05, 3.63) is 0 Å². The average Bonchev–Trinajstić information content (AvgIpc) is 2.39. The van der Waals surface area contributed by atoms with Crippen molar-refractivity contribution in [3.63, 3.8) is 0 Å². The third-order valence-corrected chi connectivity index (χ3v) is 6.01. The van der Waals surface area contributed by atoms with Gasteiger partial charge < -0.3 is 14.5 Å². The van der Waals surface area contributed by atoms with Gasteiger partial charge in [-0.2, -0.15) is 0 Å². The fraction of sp³-hybridized carbons (Fsp3) is 1.00. The van der Waals surface area contributed by atoms with Gasteiger partial charge in [0.15, 0.2) is 0 Å². The molecule has 3 fully saturated rings. The van der Waals surface area contributed by atoms with Crippen LogP contribution in [0, 0.1) is 11.3 Å². The first-order chi connectivity index (χ1) is 9.19. The molecule has 3 heteroatoms. The molecule has 3 rings (SSSR count). The summed E-state index contributed by atoms with van der Waals surface area (Å²) in [6.07, 6.45) is 8.92. The SMILES string of the molecule is CO[C@H]1C[C@H](CN2CCC3(CCN(C)CC3)CC2)C1. The summed E-state index contributed by atoms with van der Waals surface area (Å²) in [6.45, 7) is 6.65. The minimum atomic E-state index is 0.565. The quantitative estimate of drug-likeness (QED) is 0.779. The minimum Gasteiger partial charge on any atom is -0.381 e. The molecule has 0 unspecified atom stereocenters. The second kappa shape index (κ2) is 5.71. The van der Waals surface area contributed by atoms with Crippen LogP contribution < -0.4 is 0 Å². The van der Waals surface area contributed by atoms with E-state index < -0.39 is 0 Å². The molecule has 0 bridgehead atoms. The summed E-state index contributed by atoms with van der Waals surface area (Å²) in [7, 11) is 4.12. The second-order valence-electron chi connectivity index (χ2n) is 7.30. The zero-order valence-electron chi connectivity index (χ0n) is 12.7. The largest absolute Gasteiger partial charge is 0.381 e. The Bertz CT molecular complexity index is 283. The van der Waals surface area contributed by atoms with Crippen molar-refractivity contribution < 1.29 is 4.74 Å². The summed E-state index contributed by atoms with van der Waals surface area (Å²) < 4.78 is 5.38. The second-order valence-corrected chi connectivity index (χ2v) is 7.30. The van der Waals surface area contributed by atoms with Crippen molar-refractivity contribution in [1.82, 2.24) is 9.80 Å². The van der Waals surface area contributed by atoms with Gasteiger partial charge in [0.1, 0.15) is 0 Å². The highest BCUT2D eigenvalue weighted by molar-refractivity contribution is 4.91.